The van der Waals surface area contributed by atoms with Crippen LogP contribution in [0.3, 0.4) is 0 Å². The van der Waals surface area contributed by atoms with Crippen molar-refractivity contribution in [3.8, 4) is 5.75 Å². The van der Waals surface area contributed by atoms with Crippen LogP contribution < -0.4 is 15.0 Å². The monoisotopic (exact) mass is 336 g/mol. The number of benzene rings is 2. The van der Waals surface area contributed by atoms with E-state index in [-0.39, 0.29) is 17.7 Å². The first-order chi connectivity index (χ1) is 12.2. The van der Waals surface area contributed by atoms with Gasteiger partial charge in [-0.15, -0.1) is 0 Å². The highest BCUT2D eigenvalue weighted by molar-refractivity contribution is 6.05. The van der Waals surface area contributed by atoms with Gasteiger partial charge in [-0.3, -0.25) is 9.59 Å². The van der Waals surface area contributed by atoms with E-state index in [0.717, 1.165) is 37.1 Å². The Kier molecular flexibility index (Phi) is 3.92. The van der Waals surface area contributed by atoms with Gasteiger partial charge in [0, 0.05) is 29.4 Å². The van der Waals surface area contributed by atoms with Crippen molar-refractivity contribution in [1.82, 2.24) is 0 Å². The number of methoxy groups -OCH3 is 1. The average molecular weight is 336 g/mol. The molecule has 2 aromatic rings. The topological polar surface area (TPSA) is 58.6 Å². The molecular weight excluding hydrogens is 316 g/mol. The maximum absolute atomic E-state index is 12.5. The third-order valence-electron chi connectivity index (χ3n) is 4.76. The van der Waals surface area contributed by atoms with Gasteiger partial charge in [-0.05, 0) is 55.2 Å². The molecule has 0 radical (unpaired) electrons. The Labute approximate surface area is 146 Å². The lowest BCUT2D eigenvalue weighted by molar-refractivity contribution is -0.119. The van der Waals surface area contributed by atoms with E-state index in [2.05, 4.69) is 5.32 Å². The highest BCUT2D eigenvalue weighted by atomic mass is 16.5. The smallest absolute Gasteiger partial charge is 0.255 e. The van der Waals surface area contributed by atoms with E-state index in [1.54, 1.807) is 31.4 Å². The second-order valence-electron chi connectivity index (χ2n) is 6.54. The number of amides is 2. The number of fused-ring (bicyclic) bond motifs is 1. The maximum Gasteiger partial charge on any atom is 0.255 e. The van der Waals surface area contributed by atoms with E-state index in [0.29, 0.717) is 17.0 Å². The predicted molar refractivity (Wildman–Crippen MR) is 96.2 cm³/mol. The normalized spacial score (nSPS) is 15.6. The Bertz CT molecular complexity index is 843. The Morgan fingerprint density at radius 1 is 1.16 bits per heavy atom. The van der Waals surface area contributed by atoms with Crippen molar-refractivity contribution in [2.75, 3.05) is 23.9 Å². The highest BCUT2D eigenvalue weighted by Gasteiger charge is 2.36. The van der Waals surface area contributed by atoms with Crippen molar-refractivity contribution in [3.05, 3.63) is 53.6 Å². The van der Waals surface area contributed by atoms with Gasteiger partial charge >= 0.3 is 0 Å². The zero-order valence-corrected chi connectivity index (χ0v) is 14.1. The van der Waals surface area contributed by atoms with Crippen molar-refractivity contribution >= 4 is 23.2 Å². The van der Waals surface area contributed by atoms with Crippen LogP contribution in [0.2, 0.25) is 0 Å². The molecule has 0 spiro atoms. The fourth-order valence-electron chi connectivity index (χ4n) is 3.20. The molecule has 1 aliphatic carbocycles. The molecule has 4 rings (SSSR count). The van der Waals surface area contributed by atoms with Gasteiger partial charge in [0.25, 0.3) is 5.91 Å². The minimum atomic E-state index is -0.197. The van der Waals surface area contributed by atoms with Gasteiger partial charge in [-0.25, -0.2) is 0 Å². The molecule has 2 aliphatic rings. The van der Waals surface area contributed by atoms with Crippen molar-refractivity contribution in [2.24, 2.45) is 5.92 Å². The highest BCUT2D eigenvalue weighted by Crippen LogP contribution is 2.37. The summed E-state index contributed by atoms with van der Waals surface area (Å²) in [5.74, 6) is 0.857. The van der Waals surface area contributed by atoms with Gasteiger partial charge in [0.1, 0.15) is 5.75 Å². The Hall–Kier alpha value is -2.82. The van der Waals surface area contributed by atoms with Crippen LogP contribution >= 0.6 is 0 Å². The van der Waals surface area contributed by atoms with Crippen LogP contribution in [0.15, 0.2) is 42.5 Å². The molecule has 1 fully saturated rings. The van der Waals surface area contributed by atoms with Gasteiger partial charge in [-0.1, -0.05) is 12.1 Å². The molecule has 1 N–H and O–H groups in total. The fraction of sp³-hybridized carbons (Fsp3) is 0.300. The summed E-state index contributed by atoms with van der Waals surface area (Å²) in [5.41, 5.74) is 3.32. The van der Waals surface area contributed by atoms with Gasteiger partial charge in [-0.2, -0.15) is 0 Å². The fourth-order valence-corrected chi connectivity index (χ4v) is 3.20. The minimum Gasteiger partial charge on any atom is -0.497 e. The lowest BCUT2D eigenvalue weighted by Gasteiger charge is -2.18. The third kappa shape index (κ3) is 3.09. The molecule has 0 bridgehead atoms. The molecule has 25 heavy (non-hydrogen) atoms. The molecule has 2 amide bonds. The lowest BCUT2D eigenvalue weighted by atomic mass is 10.1. The molecule has 0 aromatic heterocycles. The minimum absolute atomic E-state index is 0.195. The molecular formula is C20H20N2O3. The van der Waals surface area contributed by atoms with Crippen LogP contribution in [0.5, 0.6) is 5.75 Å². The van der Waals surface area contributed by atoms with E-state index >= 15 is 0 Å². The number of ether oxygens (including phenoxy) is 1. The molecule has 0 unspecified atom stereocenters. The van der Waals surface area contributed by atoms with Gasteiger partial charge in [0.05, 0.1) is 7.11 Å². The number of hydrogen-bond donors (Lipinski definition) is 1. The maximum atomic E-state index is 12.5. The van der Waals surface area contributed by atoms with E-state index in [4.69, 9.17) is 4.74 Å². The summed E-state index contributed by atoms with van der Waals surface area (Å²) in [6.45, 7) is 0.734. The summed E-state index contributed by atoms with van der Waals surface area (Å²) in [7, 11) is 1.57. The number of carbonyl (C=O) groups excluding carboxylic acids is 2. The SMILES string of the molecule is COc1cccc(C(=O)Nc2ccc3c(c2)N(C(=O)C2CC2)CC3)c1. The predicted octanol–water partition coefficient (Wildman–Crippen LogP) is 3.25. The van der Waals surface area contributed by atoms with Crippen molar-refractivity contribution in [3.63, 3.8) is 0 Å². The first-order valence-corrected chi connectivity index (χ1v) is 8.55. The van der Waals surface area contributed by atoms with Crippen molar-refractivity contribution in [1.29, 1.82) is 0 Å². The number of rotatable bonds is 4. The van der Waals surface area contributed by atoms with Gasteiger partial charge in [0.15, 0.2) is 0 Å². The zero-order chi connectivity index (χ0) is 17.4. The van der Waals surface area contributed by atoms with E-state index in [1.807, 2.05) is 23.1 Å². The molecule has 5 nitrogen and oxygen atoms in total. The molecule has 5 heteroatoms. The summed E-state index contributed by atoms with van der Waals surface area (Å²) < 4.78 is 5.16. The summed E-state index contributed by atoms with van der Waals surface area (Å²) in [5, 5.41) is 2.91. The number of carbonyl (C=O) groups is 2. The van der Waals surface area contributed by atoms with Crippen molar-refractivity contribution < 1.29 is 14.3 Å². The van der Waals surface area contributed by atoms with E-state index < -0.39 is 0 Å². The second-order valence-corrected chi connectivity index (χ2v) is 6.54. The van der Waals surface area contributed by atoms with Crippen LogP contribution in [0.1, 0.15) is 28.8 Å². The Balaban J connectivity index is 1.54. The number of nitrogens with zero attached hydrogens (tertiary/aromatic N) is 1. The van der Waals surface area contributed by atoms with Crippen LogP contribution in [-0.4, -0.2) is 25.5 Å². The molecule has 0 saturated heterocycles. The molecule has 128 valence electrons. The van der Waals surface area contributed by atoms with Gasteiger partial charge < -0.3 is 15.0 Å². The molecule has 2 aromatic carbocycles. The summed E-state index contributed by atoms with van der Waals surface area (Å²) in [6, 6.07) is 12.8. The van der Waals surface area contributed by atoms with E-state index in [9.17, 15) is 9.59 Å². The number of hydrogen-bond acceptors (Lipinski definition) is 3. The molecule has 1 aliphatic heterocycles. The lowest BCUT2D eigenvalue weighted by Crippen LogP contribution is -2.30. The van der Waals surface area contributed by atoms with Crippen LogP contribution in [0.4, 0.5) is 11.4 Å². The standard InChI is InChI=1S/C20H20N2O3/c1-25-17-4-2-3-15(11-17)19(23)21-16-8-7-13-9-10-22(18(13)12-16)20(24)14-5-6-14/h2-4,7-8,11-12,14H,5-6,9-10H2,1H3,(H,21,23). The second kappa shape index (κ2) is 6.24. The number of nitrogens with one attached hydrogen (secondary N) is 1. The van der Waals surface area contributed by atoms with Gasteiger partial charge in [0.2, 0.25) is 5.91 Å². The summed E-state index contributed by atoms with van der Waals surface area (Å²) >= 11 is 0. The first-order valence-electron chi connectivity index (χ1n) is 8.55. The molecule has 0 atom stereocenters. The van der Waals surface area contributed by atoms with E-state index in [1.165, 1.54) is 0 Å². The quantitative estimate of drug-likeness (QED) is 0.932. The Morgan fingerprint density at radius 3 is 2.76 bits per heavy atom. The van der Waals surface area contributed by atoms with Crippen molar-refractivity contribution in [2.45, 2.75) is 19.3 Å². The first kappa shape index (κ1) is 15.7. The zero-order valence-electron chi connectivity index (χ0n) is 14.1. The van der Waals surface area contributed by atoms with Crippen LogP contribution in [0.25, 0.3) is 0 Å². The Morgan fingerprint density at radius 2 is 2.00 bits per heavy atom. The van der Waals surface area contributed by atoms with Crippen LogP contribution in [-0.2, 0) is 11.2 Å². The molecule has 1 saturated carbocycles. The van der Waals surface area contributed by atoms with Crippen LogP contribution in [0, 0.1) is 5.92 Å². The average Bonchev–Trinajstić information content (AvgIpc) is 3.41. The third-order valence-corrected chi connectivity index (χ3v) is 4.76. The largest absolute Gasteiger partial charge is 0.497 e. The summed E-state index contributed by atoms with van der Waals surface area (Å²) in [4.78, 5) is 26.8. The number of anilines is 2. The summed E-state index contributed by atoms with van der Waals surface area (Å²) in [6.07, 6.45) is 2.87. The molecule has 1 heterocycles.